The molecule has 3 aromatic heterocycles. The molecule has 3 heterocycles. The van der Waals surface area contributed by atoms with Gasteiger partial charge in [0.1, 0.15) is 4.83 Å². The summed E-state index contributed by atoms with van der Waals surface area (Å²) in [5.74, 6) is -0.592. The molecule has 1 atom stereocenters. The maximum absolute atomic E-state index is 13.4. The Morgan fingerprint density at radius 2 is 1.97 bits per heavy atom. The van der Waals surface area contributed by atoms with Crippen LogP contribution in [-0.2, 0) is 4.79 Å². The van der Waals surface area contributed by atoms with Gasteiger partial charge in [-0.25, -0.2) is 9.78 Å². The molecular weight excluding hydrogens is 428 g/mol. The van der Waals surface area contributed by atoms with Gasteiger partial charge in [-0.05, 0) is 31.2 Å². The van der Waals surface area contributed by atoms with E-state index in [0.29, 0.717) is 15.4 Å². The number of nitrogens with two attached hydrogens (primary N) is 1. The molecule has 29 heavy (non-hydrogen) atoms. The predicted molar refractivity (Wildman–Crippen MR) is 120 cm³/mol. The number of carbonyl (C=O) groups excluding carboxylic acids is 2. The van der Waals surface area contributed by atoms with Crippen molar-refractivity contribution in [3.63, 3.8) is 0 Å². The molecule has 0 bridgehead atoms. The number of nitrogens with zero attached hydrogens (tertiary/aromatic N) is 2. The number of nitrogens with one attached hydrogen (secondary N) is 1. The molecule has 3 aromatic rings. The molecule has 0 aromatic carbocycles. The highest BCUT2D eigenvalue weighted by molar-refractivity contribution is 8.00. The number of hydrogen-bond acceptors (Lipinski definition) is 7. The molecule has 7 nitrogen and oxygen atoms in total. The Labute approximate surface area is 180 Å². The first-order valence-electron chi connectivity index (χ1n) is 9.05. The Kier molecular flexibility index (Phi) is 6.45. The van der Waals surface area contributed by atoms with Crippen molar-refractivity contribution in [3.8, 4) is 10.4 Å². The van der Waals surface area contributed by atoms with E-state index >= 15 is 0 Å². The Morgan fingerprint density at radius 3 is 2.52 bits per heavy atom. The lowest BCUT2D eigenvalue weighted by molar-refractivity contribution is -0.120. The zero-order valence-electron chi connectivity index (χ0n) is 16.5. The summed E-state index contributed by atoms with van der Waals surface area (Å²) < 4.78 is 1.61. The molecule has 0 spiro atoms. The largest absolute Gasteiger partial charge is 0.351 e. The van der Waals surface area contributed by atoms with E-state index in [0.717, 1.165) is 10.4 Å². The topological polar surface area (TPSA) is 107 Å². The lowest BCUT2D eigenvalue weighted by Crippen LogP contribution is -2.42. The number of aromatic nitrogens is 2. The molecule has 154 valence electrons. The minimum atomic E-state index is -0.898. The zero-order valence-corrected chi connectivity index (χ0v) is 18.9. The number of urea groups is 1. The molecular formula is C19H22N4O3S3. The average Bonchev–Trinajstić information content (AvgIpc) is 3.27. The first kappa shape index (κ1) is 21.5. The molecule has 0 aliphatic rings. The van der Waals surface area contributed by atoms with Crippen LogP contribution in [0.15, 0.2) is 32.8 Å². The van der Waals surface area contributed by atoms with Gasteiger partial charge in [-0.15, -0.1) is 22.7 Å². The fourth-order valence-electron chi connectivity index (χ4n) is 2.93. The second-order valence-electron chi connectivity index (χ2n) is 7.11. The third-order valence-electron chi connectivity index (χ3n) is 4.25. The van der Waals surface area contributed by atoms with Gasteiger partial charge < -0.3 is 5.73 Å². The summed E-state index contributed by atoms with van der Waals surface area (Å²) in [5, 5.41) is 6.49. The van der Waals surface area contributed by atoms with Crippen molar-refractivity contribution < 1.29 is 9.59 Å². The van der Waals surface area contributed by atoms with Crippen LogP contribution in [0.2, 0.25) is 0 Å². The predicted octanol–water partition coefficient (Wildman–Crippen LogP) is 4.08. The van der Waals surface area contributed by atoms with Crippen LogP contribution in [0, 0.1) is 5.92 Å². The molecule has 0 saturated heterocycles. The number of thioether (sulfide) groups is 1. The molecule has 10 heteroatoms. The molecule has 0 saturated carbocycles. The standard InChI is InChI=1S/C19H22N4O3S3/c1-9(2)14(15(24)21-18(20)26)29-19-22-16-13(17(25)23(19)10(3)4)11(8-28-16)12-6-5-7-27-12/h5-10,14H,1-4H3,(H3,20,21,24,26). The van der Waals surface area contributed by atoms with Crippen LogP contribution < -0.4 is 16.6 Å². The van der Waals surface area contributed by atoms with Crippen molar-refractivity contribution in [2.45, 2.75) is 44.1 Å². The zero-order chi connectivity index (χ0) is 21.3. The van der Waals surface area contributed by atoms with Gasteiger partial charge in [0.05, 0.1) is 10.6 Å². The van der Waals surface area contributed by atoms with E-state index in [9.17, 15) is 14.4 Å². The quantitative estimate of drug-likeness (QED) is 0.435. The number of amides is 3. The maximum Gasteiger partial charge on any atom is 0.318 e. The van der Waals surface area contributed by atoms with Crippen LogP contribution in [0.25, 0.3) is 20.7 Å². The number of rotatable bonds is 6. The van der Waals surface area contributed by atoms with Crippen molar-refractivity contribution in [2.75, 3.05) is 0 Å². The molecule has 3 rings (SSSR count). The van der Waals surface area contributed by atoms with Gasteiger partial charge in [-0.3, -0.25) is 19.5 Å². The lowest BCUT2D eigenvalue weighted by Gasteiger charge is -2.22. The first-order valence-corrected chi connectivity index (χ1v) is 11.7. The number of primary amides is 1. The highest BCUT2D eigenvalue weighted by Crippen LogP contribution is 2.36. The van der Waals surface area contributed by atoms with Crippen molar-refractivity contribution in [2.24, 2.45) is 11.7 Å². The second-order valence-corrected chi connectivity index (χ2v) is 10.0. The van der Waals surface area contributed by atoms with E-state index in [-0.39, 0.29) is 17.5 Å². The molecule has 0 radical (unpaired) electrons. The summed E-state index contributed by atoms with van der Waals surface area (Å²) in [6, 6.07) is 2.89. The van der Waals surface area contributed by atoms with E-state index in [1.807, 2.05) is 50.6 Å². The van der Waals surface area contributed by atoms with Crippen LogP contribution in [0.5, 0.6) is 0 Å². The third kappa shape index (κ3) is 4.39. The van der Waals surface area contributed by atoms with E-state index in [4.69, 9.17) is 10.7 Å². The normalized spacial score (nSPS) is 12.6. The number of imide groups is 1. The summed E-state index contributed by atoms with van der Waals surface area (Å²) in [7, 11) is 0. The highest BCUT2D eigenvalue weighted by Gasteiger charge is 2.28. The van der Waals surface area contributed by atoms with Crippen molar-refractivity contribution in [3.05, 3.63) is 33.2 Å². The smallest absolute Gasteiger partial charge is 0.318 e. The van der Waals surface area contributed by atoms with Gasteiger partial charge in [0, 0.05) is 21.9 Å². The fraction of sp³-hybridized carbons (Fsp3) is 0.368. The van der Waals surface area contributed by atoms with Gasteiger partial charge in [0.25, 0.3) is 5.56 Å². The summed E-state index contributed by atoms with van der Waals surface area (Å²) in [5.41, 5.74) is 5.86. The van der Waals surface area contributed by atoms with Gasteiger partial charge in [-0.1, -0.05) is 31.7 Å². The molecule has 0 fully saturated rings. The summed E-state index contributed by atoms with van der Waals surface area (Å²) in [4.78, 5) is 43.4. The van der Waals surface area contributed by atoms with E-state index in [1.54, 1.807) is 15.9 Å². The summed E-state index contributed by atoms with van der Waals surface area (Å²) in [6.45, 7) is 7.55. The van der Waals surface area contributed by atoms with Gasteiger partial charge >= 0.3 is 6.03 Å². The van der Waals surface area contributed by atoms with Crippen molar-refractivity contribution in [1.82, 2.24) is 14.9 Å². The average molecular weight is 451 g/mol. The number of hydrogen-bond donors (Lipinski definition) is 2. The molecule has 3 N–H and O–H groups in total. The number of carbonyl (C=O) groups is 2. The molecule has 1 unspecified atom stereocenters. The highest BCUT2D eigenvalue weighted by atomic mass is 32.2. The maximum atomic E-state index is 13.4. The Balaban J connectivity index is 2.13. The van der Waals surface area contributed by atoms with Gasteiger partial charge in [0.15, 0.2) is 5.16 Å². The minimum absolute atomic E-state index is 0.0995. The SMILES string of the molecule is CC(C)C(Sc1nc2scc(-c3cccs3)c2c(=O)n1C(C)C)C(=O)NC(N)=O. The minimum Gasteiger partial charge on any atom is -0.351 e. The van der Waals surface area contributed by atoms with Gasteiger partial charge in [-0.2, -0.15) is 0 Å². The van der Waals surface area contributed by atoms with Crippen molar-refractivity contribution >= 4 is 56.6 Å². The van der Waals surface area contributed by atoms with Crippen LogP contribution in [0.4, 0.5) is 4.79 Å². The van der Waals surface area contributed by atoms with Gasteiger partial charge in [0.2, 0.25) is 5.91 Å². The molecule has 0 aliphatic carbocycles. The number of thiophene rings is 2. The van der Waals surface area contributed by atoms with E-state index in [2.05, 4.69) is 5.32 Å². The summed E-state index contributed by atoms with van der Waals surface area (Å²) in [6.07, 6.45) is 0. The Hall–Kier alpha value is -2.17. The Morgan fingerprint density at radius 1 is 1.24 bits per heavy atom. The van der Waals surface area contributed by atoms with E-state index < -0.39 is 17.2 Å². The molecule has 3 amide bonds. The molecule has 0 aliphatic heterocycles. The van der Waals surface area contributed by atoms with Crippen LogP contribution in [-0.4, -0.2) is 26.7 Å². The van der Waals surface area contributed by atoms with E-state index in [1.165, 1.54) is 23.1 Å². The van der Waals surface area contributed by atoms with Crippen LogP contribution in [0.3, 0.4) is 0 Å². The number of fused-ring (bicyclic) bond motifs is 1. The first-order chi connectivity index (χ1) is 13.7. The van der Waals surface area contributed by atoms with Crippen LogP contribution >= 0.6 is 34.4 Å². The monoisotopic (exact) mass is 450 g/mol. The third-order valence-corrected chi connectivity index (χ3v) is 7.54. The van der Waals surface area contributed by atoms with Crippen molar-refractivity contribution in [1.29, 1.82) is 0 Å². The summed E-state index contributed by atoms with van der Waals surface area (Å²) >= 11 is 4.16. The second kappa shape index (κ2) is 8.68. The fourth-order valence-corrected chi connectivity index (χ4v) is 5.96. The van der Waals surface area contributed by atoms with Crippen LogP contribution in [0.1, 0.15) is 33.7 Å². The Bertz CT molecular complexity index is 1100. The lowest BCUT2D eigenvalue weighted by atomic mass is 10.1.